The zero-order valence-electron chi connectivity index (χ0n) is 12.8. The van der Waals surface area contributed by atoms with Crippen molar-refractivity contribution in [3.05, 3.63) is 70.5 Å². The molecule has 3 rings (SSSR count). The van der Waals surface area contributed by atoms with Crippen molar-refractivity contribution in [2.24, 2.45) is 0 Å². The van der Waals surface area contributed by atoms with Crippen LogP contribution < -0.4 is 0 Å². The number of benzene rings is 2. The first kappa shape index (κ1) is 15.6. The third kappa shape index (κ3) is 2.82. The summed E-state index contributed by atoms with van der Waals surface area (Å²) in [5.41, 5.74) is 4.70. The molecule has 4 heteroatoms. The SMILES string of the molecule is CC1=C(C=O)c2cc(F)ccc2/C1=C/c1ccc(S(C)=O)cc1. The lowest BCUT2D eigenvalue weighted by atomic mass is 10.0. The van der Waals surface area contributed by atoms with Crippen molar-refractivity contribution in [1.82, 2.24) is 0 Å². The number of halogens is 1. The van der Waals surface area contributed by atoms with Gasteiger partial charge in [0.05, 0.1) is 0 Å². The Hall–Kier alpha value is -2.33. The monoisotopic (exact) mass is 326 g/mol. The van der Waals surface area contributed by atoms with E-state index < -0.39 is 10.8 Å². The first-order valence-electron chi connectivity index (χ1n) is 7.13. The van der Waals surface area contributed by atoms with E-state index in [9.17, 15) is 13.4 Å². The van der Waals surface area contributed by atoms with Crippen molar-refractivity contribution in [2.75, 3.05) is 6.26 Å². The molecule has 0 aromatic heterocycles. The van der Waals surface area contributed by atoms with Gasteiger partial charge in [-0.15, -0.1) is 0 Å². The number of carbonyl (C=O) groups excluding carboxylic acids is 1. The second-order valence-corrected chi connectivity index (χ2v) is 6.81. The summed E-state index contributed by atoms with van der Waals surface area (Å²) in [6.07, 6.45) is 4.38. The second kappa shape index (κ2) is 6.05. The first-order chi connectivity index (χ1) is 11.0. The predicted octanol–water partition coefficient (Wildman–Crippen LogP) is 4.09. The van der Waals surface area contributed by atoms with E-state index in [0.29, 0.717) is 11.1 Å². The molecule has 0 heterocycles. The molecule has 0 spiro atoms. The van der Waals surface area contributed by atoms with Crippen molar-refractivity contribution < 1.29 is 13.4 Å². The van der Waals surface area contributed by atoms with Crippen LogP contribution in [-0.4, -0.2) is 16.8 Å². The smallest absolute Gasteiger partial charge is 0.150 e. The third-order valence-corrected chi connectivity index (χ3v) is 4.95. The number of rotatable bonds is 3. The van der Waals surface area contributed by atoms with Crippen LogP contribution >= 0.6 is 0 Å². The third-order valence-electron chi connectivity index (χ3n) is 4.01. The highest BCUT2D eigenvalue weighted by Gasteiger charge is 2.23. The summed E-state index contributed by atoms with van der Waals surface area (Å²) >= 11 is 0. The van der Waals surface area contributed by atoms with Gasteiger partial charge in [-0.2, -0.15) is 0 Å². The number of carbonyl (C=O) groups is 1. The van der Waals surface area contributed by atoms with Crippen LogP contribution in [0.2, 0.25) is 0 Å². The summed E-state index contributed by atoms with van der Waals surface area (Å²) in [6.45, 7) is 1.86. The topological polar surface area (TPSA) is 34.1 Å². The standard InChI is InChI=1S/C19H15FO2S/c1-12-17(9-13-3-6-15(7-4-13)23(2)22)16-8-5-14(20)10-18(16)19(12)11-21/h3-11H,1-2H3/b17-9+. The zero-order chi connectivity index (χ0) is 16.6. The van der Waals surface area contributed by atoms with E-state index in [1.807, 2.05) is 37.3 Å². The van der Waals surface area contributed by atoms with Crippen LogP contribution in [0.25, 0.3) is 17.2 Å². The van der Waals surface area contributed by atoms with Gasteiger partial charge >= 0.3 is 0 Å². The van der Waals surface area contributed by atoms with E-state index in [-0.39, 0.29) is 5.82 Å². The summed E-state index contributed by atoms with van der Waals surface area (Å²) in [7, 11) is -1.01. The number of fused-ring (bicyclic) bond motifs is 1. The summed E-state index contributed by atoms with van der Waals surface area (Å²) in [6, 6.07) is 11.9. The molecule has 2 aromatic rings. The molecule has 0 fully saturated rings. The lowest BCUT2D eigenvalue weighted by molar-refractivity contribution is -0.103. The Morgan fingerprint density at radius 1 is 1.04 bits per heavy atom. The van der Waals surface area contributed by atoms with Gasteiger partial charge in [-0.1, -0.05) is 18.2 Å². The van der Waals surface area contributed by atoms with Crippen molar-refractivity contribution in [1.29, 1.82) is 0 Å². The van der Waals surface area contributed by atoms with Crippen LogP contribution in [0.5, 0.6) is 0 Å². The van der Waals surface area contributed by atoms with Gasteiger partial charge in [0.25, 0.3) is 0 Å². The van der Waals surface area contributed by atoms with Gasteiger partial charge in [0, 0.05) is 27.5 Å². The predicted molar refractivity (Wildman–Crippen MR) is 91.7 cm³/mol. The molecule has 1 unspecified atom stereocenters. The molecule has 0 saturated carbocycles. The van der Waals surface area contributed by atoms with Gasteiger partial charge < -0.3 is 0 Å². The van der Waals surface area contributed by atoms with Gasteiger partial charge in [-0.3, -0.25) is 9.00 Å². The first-order valence-corrected chi connectivity index (χ1v) is 8.69. The molecule has 2 aromatic carbocycles. The molecule has 0 radical (unpaired) electrons. The fourth-order valence-corrected chi connectivity index (χ4v) is 3.30. The molecular weight excluding hydrogens is 311 g/mol. The molecule has 0 amide bonds. The second-order valence-electron chi connectivity index (χ2n) is 5.43. The number of hydrogen-bond acceptors (Lipinski definition) is 2. The van der Waals surface area contributed by atoms with Crippen molar-refractivity contribution in [3.63, 3.8) is 0 Å². The van der Waals surface area contributed by atoms with Crippen LogP contribution in [0.15, 0.2) is 52.9 Å². The summed E-state index contributed by atoms with van der Waals surface area (Å²) in [5, 5.41) is 0. The van der Waals surface area contributed by atoms with E-state index >= 15 is 0 Å². The van der Waals surface area contributed by atoms with Crippen LogP contribution in [0, 0.1) is 5.82 Å². The maximum absolute atomic E-state index is 13.5. The fraction of sp³-hybridized carbons (Fsp3) is 0.105. The average Bonchev–Trinajstić information content (AvgIpc) is 2.79. The van der Waals surface area contributed by atoms with E-state index in [1.165, 1.54) is 12.1 Å². The van der Waals surface area contributed by atoms with E-state index in [0.717, 1.165) is 33.5 Å². The van der Waals surface area contributed by atoms with Crippen molar-refractivity contribution in [3.8, 4) is 0 Å². The van der Waals surface area contributed by atoms with Gasteiger partial charge in [0.1, 0.15) is 5.82 Å². The molecule has 1 aliphatic carbocycles. The maximum atomic E-state index is 13.5. The number of allylic oxidation sites excluding steroid dienone is 3. The minimum Gasteiger partial charge on any atom is -0.298 e. The summed E-state index contributed by atoms with van der Waals surface area (Å²) in [4.78, 5) is 12.1. The molecule has 1 atom stereocenters. The molecule has 116 valence electrons. The minimum absolute atomic E-state index is 0.355. The lowest BCUT2D eigenvalue weighted by Gasteiger charge is -2.05. The molecule has 0 aliphatic heterocycles. The number of hydrogen-bond donors (Lipinski definition) is 0. The van der Waals surface area contributed by atoms with Crippen molar-refractivity contribution >= 4 is 34.3 Å². The average molecular weight is 326 g/mol. The van der Waals surface area contributed by atoms with E-state index in [1.54, 1.807) is 12.3 Å². The zero-order valence-corrected chi connectivity index (χ0v) is 13.6. The maximum Gasteiger partial charge on any atom is 0.150 e. The molecule has 2 nitrogen and oxygen atoms in total. The Labute approximate surface area is 136 Å². The van der Waals surface area contributed by atoms with Crippen LogP contribution in [-0.2, 0) is 15.6 Å². The van der Waals surface area contributed by atoms with Crippen LogP contribution in [0.1, 0.15) is 23.6 Å². The van der Waals surface area contributed by atoms with Crippen molar-refractivity contribution in [2.45, 2.75) is 11.8 Å². The Morgan fingerprint density at radius 2 is 1.74 bits per heavy atom. The highest BCUT2D eigenvalue weighted by molar-refractivity contribution is 7.84. The largest absolute Gasteiger partial charge is 0.298 e. The molecule has 0 bridgehead atoms. The summed E-state index contributed by atoms with van der Waals surface area (Å²) < 4.78 is 24.9. The Kier molecular flexibility index (Phi) is 4.09. The van der Waals surface area contributed by atoms with Gasteiger partial charge in [-0.05, 0) is 65.1 Å². The van der Waals surface area contributed by atoms with Gasteiger partial charge in [-0.25, -0.2) is 4.39 Å². The van der Waals surface area contributed by atoms with E-state index in [4.69, 9.17) is 0 Å². The quantitative estimate of drug-likeness (QED) is 0.796. The van der Waals surface area contributed by atoms with Crippen LogP contribution in [0.4, 0.5) is 4.39 Å². The summed E-state index contributed by atoms with van der Waals surface area (Å²) in [5.74, 6) is -0.355. The molecular formula is C19H15FO2S. The molecule has 1 aliphatic rings. The Morgan fingerprint density at radius 3 is 2.35 bits per heavy atom. The van der Waals surface area contributed by atoms with Crippen LogP contribution in [0.3, 0.4) is 0 Å². The number of aldehydes is 1. The van der Waals surface area contributed by atoms with Gasteiger partial charge in [0.15, 0.2) is 6.29 Å². The lowest BCUT2D eigenvalue weighted by Crippen LogP contribution is -1.88. The fourth-order valence-electron chi connectivity index (χ4n) is 2.78. The highest BCUT2D eigenvalue weighted by Crippen LogP contribution is 2.41. The Bertz CT molecular complexity index is 877. The normalized spacial score (nSPS) is 16.6. The molecule has 0 saturated heterocycles. The molecule has 23 heavy (non-hydrogen) atoms. The highest BCUT2D eigenvalue weighted by atomic mass is 32.2. The molecule has 0 N–H and O–H groups in total. The van der Waals surface area contributed by atoms with E-state index in [2.05, 4.69) is 0 Å². The van der Waals surface area contributed by atoms with Gasteiger partial charge in [0.2, 0.25) is 0 Å². The minimum atomic E-state index is -1.01. The Balaban J connectivity index is 2.11.